The number of rotatable bonds is 9. The summed E-state index contributed by atoms with van der Waals surface area (Å²) >= 11 is 14.1. The van der Waals surface area contributed by atoms with Crippen LogP contribution in [0.25, 0.3) is 0 Å². The van der Waals surface area contributed by atoms with Crippen molar-refractivity contribution in [3.8, 4) is 0 Å². The molecule has 0 atom stereocenters. The van der Waals surface area contributed by atoms with E-state index in [1.54, 1.807) is 0 Å². The van der Waals surface area contributed by atoms with Crippen LogP contribution in [0.3, 0.4) is 0 Å². The van der Waals surface area contributed by atoms with Crippen LogP contribution in [0.4, 0.5) is 0 Å². The second kappa shape index (κ2) is 9.59. The highest BCUT2D eigenvalue weighted by Gasteiger charge is 2.78. The largest absolute Gasteiger partial charge is 0.298 e. The fourth-order valence-electron chi connectivity index (χ4n) is 6.76. The summed E-state index contributed by atoms with van der Waals surface area (Å²) in [5, 5.41) is 0. The van der Waals surface area contributed by atoms with Crippen LogP contribution < -0.4 is 0 Å². The van der Waals surface area contributed by atoms with Crippen molar-refractivity contribution in [1.82, 2.24) is 0 Å². The van der Waals surface area contributed by atoms with E-state index in [0.717, 1.165) is 63.2 Å². The number of alkyl halides is 2. The summed E-state index contributed by atoms with van der Waals surface area (Å²) in [6.07, 6.45) is 20.3. The van der Waals surface area contributed by atoms with Crippen LogP contribution in [0.15, 0.2) is 0 Å². The number of ketones is 1. The molecule has 3 fully saturated rings. The summed E-state index contributed by atoms with van der Waals surface area (Å²) in [5.41, 5.74) is -0.849. The molecule has 1 nitrogen and oxygen atoms in total. The van der Waals surface area contributed by atoms with E-state index < -0.39 is 15.2 Å². The maximum absolute atomic E-state index is 13.5. The van der Waals surface area contributed by atoms with Crippen LogP contribution in [0.2, 0.25) is 0 Å². The first-order chi connectivity index (χ1) is 13.4. The predicted octanol–water partition coefficient (Wildman–Crippen LogP) is 8.65. The molecule has 0 aromatic heterocycles. The molecule has 0 aromatic rings. The van der Waals surface area contributed by atoms with Gasteiger partial charge in [-0.25, -0.2) is 0 Å². The number of carbonyl (C=O) groups excluding carboxylic acids is 1. The maximum Gasteiger partial charge on any atom is 0.151 e. The van der Waals surface area contributed by atoms with Crippen molar-refractivity contribution in [1.29, 1.82) is 0 Å². The van der Waals surface area contributed by atoms with Crippen LogP contribution in [0.5, 0.6) is 0 Å². The van der Waals surface area contributed by atoms with Crippen molar-refractivity contribution in [2.45, 2.75) is 127 Å². The van der Waals surface area contributed by atoms with Gasteiger partial charge in [0.25, 0.3) is 0 Å². The second-order valence-corrected chi connectivity index (χ2v) is 11.6. The van der Waals surface area contributed by atoms with Gasteiger partial charge in [0.2, 0.25) is 0 Å². The van der Waals surface area contributed by atoms with Gasteiger partial charge in [0.15, 0.2) is 5.78 Å². The van der Waals surface area contributed by atoms with Crippen molar-refractivity contribution in [2.24, 2.45) is 22.7 Å². The topological polar surface area (TPSA) is 17.1 Å². The summed E-state index contributed by atoms with van der Waals surface area (Å²) in [7, 11) is 0. The van der Waals surface area contributed by atoms with Gasteiger partial charge in [-0.15, -0.1) is 0 Å². The van der Waals surface area contributed by atoms with Gasteiger partial charge in [0, 0.05) is 0 Å². The molecule has 28 heavy (non-hydrogen) atoms. The van der Waals surface area contributed by atoms with Gasteiger partial charge in [-0.2, -0.15) is 0 Å². The summed E-state index contributed by atoms with van der Waals surface area (Å²) in [5.74, 6) is 2.00. The molecular formula is C25H42Cl2O. The fraction of sp³-hybridized carbons (Fsp3) is 0.960. The minimum Gasteiger partial charge on any atom is -0.298 e. The summed E-state index contributed by atoms with van der Waals surface area (Å²) in [6, 6.07) is 0. The summed E-state index contributed by atoms with van der Waals surface area (Å²) < 4.78 is -0.820. The Balaban J connectivity index is 1.48. The standard InChI is InChI=1S/C25H42Cl2O/c1-3-5-6-7-8-9-11-21-14-18-24(19-15-21)22(28)23(25(24,26)27)16-12-20(10-4-2)13-17-23/h20-21H,3-19H2,1-2H3/t20?,21-,23-,24+. The highest BCUT2D eigenvalue weighted by atomic mass is 35.5. The number of carbonyl (C=O) groups is 1. The molecule has 0 heterocycles. The monoisotopic (exact) mass is 428 g/mol. The average molecular weight is 430 g/mol. The van der Waals surface area contributed by atoms with E-state index in [1.165, 1.54) is 57.8 Å². The van der Waals surface area contributed by atoms with E-state index in [2.05, 4.69) is 13.8 Å². The molecule has 3 heteroatoms. The van der Waals surface area contributed by atoms with Crippen molar-refractivity contribution in [3.05, 3.63) is 0 Å². The zero-order valence-corrected chi connectivity index (χ0v) is 19.9. The Kier molecular flexibility index (Phi) is 7.85. The van der Waals surface area contributed by atoms with Gasteiger partial charge < -0.3 is 0 Å². The molecule has 3 aliphatic rings. The number of unbranched alkanes of at least 4 members (excludes halogenated alkanes) is 5. The first kappa shape index (κ1) is 22.9. The van der Waals surface area contributed by atoms with Crippen LogP contribution in [-0.4, -0.2) is 10.1 Å². The molecule has 0 aromatic carbocycles. The van der Waals surface area contributed by atoms with Crippen molar-refractivity contribution < 1.29 is 4.79 Å². The van der Waals surface area contributed by atoms with Gasteiger partial charge in [-0.1, -0.05) is 94.8 Å². The first-order valence-corrected chi connectivity index (χ1v) is 13.1. The smallest absolute Gasteiger partial charge is 0.151 e. The van der Waals surface area contributed by atoms with Gasteiger partial charge in [0.05, 0.1) is 10.8 Å². The van der Waals surface area contributed by atoms with E-state index in [-0.39, 0.29) is 0 Å². The number of hydrogen-bond acceptors (Lipinski definition) is 1. The van der Waals surface area contributed by atoms with E-state index in [4.69, 9.17) is 23.2 Å². The Hall–Kier alpha value is 0.250. The van der Waals surface area contributed by atoms with Crippen LogP contribution >= 0.6 is 23.2 Å². The van der Waals surface area contributed by atoms with Crippen LogP contribution in [0, 0.1) is 22.7 Å². The zero-order valence-electron chi connectivity index (χ0n) is 18.3. The van der Waals surface area contributed by atoms with E-state index in [0.29, 0.717) is 5.78 Å². The average Bonchev–Trinajstić information content (AvgIpc) is 2.71. The zero-order chi connectivity index (χ0) is 20.3. The van der Waals surface area contributed by atoms with Crippen molar-refractivity contribution in [2.75, 3.05) is 0 Å². The Morgan fingerprint density at radius 3 is 1.64 bits per heavy atom. The predicted molar refractivity (Wildman–Crippen MR) is 121 cm³/mol. The Labute approximate surface area is 183 Å². The first-order valence-electron chi connectivity index (χ1n) is 12.4. The minimum absolute atomic E-state index is 0.424. The molecule has 0 amide bonds. The maximum atomic E-state index is 13.5. The van der Waals surface area contributed by atoms with Gasteiger partial charge in [0.1, 0.15) is 4.33 Å². The Morgan fingerprint density at radius 2 is 1.18 bits per heavy atom. The normalized spacial score (nSPS) is 37.4. The van der Waals surface area contributed by atoms with Crippen LogP contribution in [-0.2, 0) is 4.79 Å². The highest BCUT2D eigenvalue weighted by molar-refractivity contribution is 6.55. The minimum atomic E-state index is -0.820. The molecule has 0 N–H and O–H groups in total. The molecule has 3 rings (SSSR count). The van der Waals surface area contributed by atoms with E-state index in [1.807, 2.05) is 0 Å². The highest BCUT2D eigenvalue weighted by Crippen LogP contribution is 2.74. The lowest BCUT2D eigenvalue weighted by Gasteiger charge is -2.67. The van der Waals surface area contributed by atoms with Crippen molar-refractivity contribution in [3.63, 3.8) is 0 Å². The fourth-order valence-corrected chi connectivity index (χ4v) is 7.86. The molecule has 2 spiro atoms. The molecule has 0 saturated heterocycles. The third kappa shape index (κ3) is 3.93. The van der Waals surface area contributed by atoms with E-state index in [9.17, 15) is 4.79 Å². The SMILES string of the molecule is CCCCCCCC[C@H]1CC[C@@]2(CC1)C(=O)[C@]1(CCC(CCC)CC1)C2(Cl)Cl. The molecule has 0 radical (unpaired) electrons. The van der Waals surface area contributed by atoms with Gasteiger partial charge in [-0.3, -0.25) is 4.79 Å². The van der Waals surface area contributed by atoms with Gasteiger partial charge >= 0.3 is 0 Å². The second-order valence-electron chi connectivity index (χ2n) is 10.3. The number of Topliss-reactive ketones (excluding diaryl/α,β-unsaturated/α-hetero) is 1. The molecule has 162 valence electrons. The van der Waals surface area contributed by atoms with E-state index >= 15 is 0 Å². The lowest BCUT2D eigenvalue weighted by molar-refractivity contribution is -0.172. The molecule has 3 aliphatic carbocycles. The number of halogens is 2. The lowest BCUT2D eigenvalue weighted by Crippen LogP contribution is -2.74. The molecular weight excluding hydrogens is 387 g/mol. The molecule has 0 unspecified atom stereocenters. The van der Waals surface area contributed by atoms with Crippen molar-refractivity contribution >= 4 is 29.0 Å². The summed E-state index contributed by atoms with van der Waals surface area (Å²) in [4.78, 5) is 13.5. The van der Waals surface area contributed by atoms with Gasteiger partial charge in [-0.05, 0) is 63.2 Å². The lowest BCUT2D eigenvalue weighted by atomic mass is 9.42. The Bertz CT molecular complexity index is 511. The quantitative estimate of drug-likeness (QED) is 0.265. The summed E-state index contributed by atoms with van der Waals surface area (Å²) in [6.45, 7) is 4.53. The Morgan fingerprint density at radius 1 is 0.714 bits per heavy atom. The molecule has 0 bridgehead atoms. The number of hydrogen-bond donors (Lipinski definition) is 0. The van der Waals surface area contributed by atoms with Crippen LogP contribution in [0.1, 0.15) is 123 Å². The third-order valence-corrected chi connectivity index (χ3v) is 10.1. The molecule has 3 saturated carbocycles. The third-order valence-electron chi connectivity index (χ3n) is 8.65. The molecule has 0 aliphatic heterocycles.